The molecular weight excluding hydrogens is 146 g/mol. The Balaban J connectivity index is -0.000000175. The van der Waals surface area contributed by atoms with Gasteiger partial charge in [-0.2, -0.15) is 0 Å². The maximum atomic E-state index is 5.40. The Labute approximate surface area is 77.7 Å². The summed E-state index contributed by atoms with van der Waals surface area (Å²) >= 11 is 0. The van der Waals surface area contributed by atoms with E-state index in [1.165, 1.54) is 0 Å². The van der Waals surface area contributed by atoms with Crippen molar-refractivity contribution in [3.63, 3.8) is 0 Å². The third-order valence-electron chi connectivity index (χ3n) is 0.669. The molecule has 0 aromatic carbocycles. The van der Waals surface area contributed by atoms with Gasteiger partial charge in [-0.1, -0.05) is 46.4 Å². The fourth-order valence-electron chi connectivity index (χ4n) is 0.384. The monoisotopic (exact) mass is 169 g/mol. The van der Waals surface area contributed by atoms with Crippen LogP contribution >= 0.6 is 0 Å². The van der Waals surface area contributed by atoms with Crippen LogP contribution in [0.15, 0.2) is 36.6 Å². The zero-order chi connectivity index (χ0) is 10.4. The second kappa shape index (κ2) is 22.5. The molecule has 12 heavy (non-hydrogen) atoms. The van der Waals surface area contributed by atoms with Gasteiger partial charge in [0.1, 0.15) is 0 Å². The van der Waals surface area contributed by atoms with E-state index in [0.29, 0.717) is 0 Å². The van der Waals surface area contributed by atoms with E-state index in [-0.39, 0.29) is 0 Å². The Hall–Kier alpha value is -0.980. The van der Waals surface area contributed by atoms with Crippen LogP contribution in [0.1, 0.15) is 34.6 Å². The van der Waals surface area contributed by atoms with Gasteiger partial charge in [-0.15, -0.1) is 0 Å². The third-order valence-corrected chi connectivity index (χ3v) is 0.669. The molecule has 0 rings (SSSR count). The van der Waals surface area contributed by atoms with Crippen molar-refractivity contribution in [3.05, 3.63) is 36.6 Å². The maximum absolute atomic E-state index is 5.40. The van der Waals surface area contributed by atoms with E-state index in [9.17, 15) is 0 Å². The Morgan fingerprint density at radius 2 is 1.58 bits per heavy atom. The van der Waals surface area contributed by atoms with Crippen LogP contribution in [0.4, 0.5) is 0 Å². The molecular formula is C11H23N. The summed E-state index contributed by atoms with van der Waals surface area (Å²) in [5, 5.41) is 0. The largest absolute Gasteiger partial charge is 0.399 e. The third kappa shape index (κ3) is 23.0. The van der Waals surface area contributed by atoms with Gasteiger partial charge in [0, 0.05) is 5.70 Å². The summed E-state index contributed by atoms with van der Waals surface area (Å²) in [6, 6.07) is 0. The zero-order valence-corrected chi connectivity index (χ0v) is 9.09. The van der Waals surface area contributed by atoms with Crippen LogP contribution < -0.4 is 5.73 Å². The van der Waals surface area contributed by atoms with E-state index in [2.05, 4.69) is 6.58 Å². The first-order valence-electron chi connectivity index (χ1n) is 4.52. The van der Waals surface area contributed by atoms with Crippen molar-refractivity contribution in [2.24, 2.45) is 5.73 Å². The molecule has 0 amide bonds. The number of rotatable bonds is 2. The first-order valence-corrected chi connectivity index (χ1v) is 4.52. The predicted octanol–water partition coefficient (Wildman–Crippen LogP) is 3.64. The maximum Gasteiger partial charge on any atom is 0.0310 e. The van der Waals surface area contributed by atoms with E-state index < -0.39 is 0 Å². The Bertz CT molecular complexity index is 121. The number of allylic oxidation sites excluding steroid dienone is 4. The molecule has 0 aromatic rings. The summed E-state index contributed by atoms with van der Waals surface area (Å²) < 4.78 is 0. The molecule has 0 heterocycles. The summed E-state index contributed by atoms with van der Waals surface area (Å²) in [5.41, 5.74) is 6.14. The lowest BCUT2D eigenvalue weighted by Gasteiger charge is -1.84. The van der Waals surface area contributed by atoms with Gasteiger partial charge in [0.2, 0.25) is 0 Å². The lowest BCUT2D eigenvalue weighted by molar-refractivity contribution is 1.42. The number of hydrogen-bond acceptors (Lipinski definition) is 1. The molecule has 1 nitrogen and oxygen atoms in total. The second-order valence-electron chi connectivity index (χ2n) is 1.40. The highest BCUT2D eigenvalue weighted by atomic mass is 14.5. The molecule has 0 aromatic heterocycles. The molecule has 0 aliphatic rings. The van der Waals surface area contributed by atoms with Gasteiger partial charge in [-0.3, -0.25) is 0 Å². The Kier molecular flexibility index (Phi) is 32.2. The van der Waals surface area contributed by atoms with Crippen molar-refractivity contribution >= 4 is 0 Å². The molecule has 0 bridgehead atoms. The molecule has 0 unspecified atom stereocenters. The number of nitrogens with two attached hydrogens (primary N) is 1. The molecule has 72 valence electrons. The SMILES string of the molecule is C=C/C=C(N)\C=C/C.CC.CC. The second-order valence-corrected chi connectivity index (χ2v) is 1.40. The Morgan fingerprint density at radius 3 is 1.83 bits per heavy atom. The minimum absolute atomic E-state index is 0.738. The predicted molar refractivity (Wildman–Crippen MR) is 60.0 cm³/mol. The first kappa shape index (κ1) is 17.2. The highest BCUT2D eigenvalue weighted by Crippen LogP contribution is 1.84. The van der Waals surface area contributed by atoms with Crippen LogP contribution in [0.2, 0.25) is 0 Å². The average Bonchev–Trinajstić information content (AvgIpc) is 2.12. The molecule has 0 aliphatic carbocycles. The van der Waals surface area contributed by atoms with E-state index in [0.717, 1.165) is 5.70 Å². The lowest BCUT2D eigenvalue weighted by Crippen LogP contribution is -1.90. The zero-order valence-electron chi connectivity index (χ0n) is 9.09. The van der Waals surface area contributed by atoms with Crippen LogP contribution in [0, 0.1) is 0 Å². The van der Waals surface area contributed by atoms with Gasteiger partial charge in [-0.05, 0) is 19.1 Å². The molecule has 1 heteroatoms. The molecule has 0 aliphatic heterocycles. The fourth-order valence-corrected chi connectivity index (χ4v) is 0.384. The van der Waals surface area contributed by atoms with Crippen LogP contribution in [0.25, 0.3) is 0 Å². The van der Waals surface area contributed by atoms with Crippen LogP contribution in [0.5, 0.6) is 0 Å². The molecule has 0 radical (unpaired) electrons. The van der Waals surface area contributed by atoms with Crippen molar-refractivity contribution in [1.82, 2.24) is 0 Å². The Morgan fingerprint density at radius 1 is 1.17 bits per heavy atom. The van der Waals surface area contributed by atoms with Gasteiger partial charge < -0.3 is 5.73 Å². The average molecular weight is 169 g/mol. The fraction of sp³-hybridized carbons (Fsp3) is 0.455. The molecule has 0 spiro atoms. The van der Waals surface area contributed by atoms with Crippen LogP contribution in [-0.2, 0) is 0 Å². The normalized spacial score (nSPS) is 9.25. The molecule has 0 atom stereocenters. The van der Waals surface area contributed by atoms with Crippen molar-refractivity contribution < 1.29 is 0 Å². The molecule has 0 saturated heterocycles. The van der Waals surface area contributed by atoms with Gasteiger partial charge >= 0.3 is 0 Å². The van der Waals surface area contributed by atoms with Gasteiger partial charge in [0.05, 0.1) is 0 Å². The van der Waals surface area contributed by atoms with Crippen LogP contribution in [-0.4, -0.2) is 0 Å². The molecule has 0 saturated carbocycles. The number of hydrogen-bond donors (Lipinski definition) is 1. The summed E-state index contributed by atoms with van der Waals surface area (Å²) in [6.45, 7) is 13.4. The van der Waals surface area contributed by atoms with Crippen molar-refractivity contribution in [2.45, 2.75) is 34.6 Å². The van der Waals surface area contributed by atoms with E-state index in [4.69, 9.17) is 5.73 Å². The highest BCUT2D eigenvalue weighted by molar-refractivity contribution is 5.18. The van der Waals surface area contributed by atoms with Gasteiger partial charge in [-0.25, -0.2) is 0 Å². The standard InChI is InChI=1S/C7H11N.2C2H6/c1-3-5-7(8)6-4-2;2*1-2/h3-6H,1,8H2,2H3;2*1-2H3/b6-4-,7-5+;;. The summed E-state index contributed by atoms with van der Waals surface area (Å²) in [6.07, 6.45) is 7.12. The lowest BCUT2D eigenvalue weighted by atomic mass is 10.4. The molecule has 0 fully saturated rings. The van der Waals surface area contributed by atoms with E-state index in [1.807, 2.05) is 46.8 Å². The molecule has 2 N–H and O–H groups in total. The van der Waals surface area contributed by atoms with Gasteiger partial charge in [0.15, 0.2) is 0 Å². The van der Waals surface area contributed by atoms with Gasteiger partial charge in [0.25, 0.3) is 0 Å². The summed E-state index contributed by atoms with van der Waals surface area (Å²) in [7, 11) is 0. The van der Waals surface area contributed by atoms with Crippen molar-refractivity contribution in [3.8, 4) is 0 Å². The van der Waals surface area contributed by atoms with Crippen molar-refractivity contribution in [2.75, 3.05) is 0 Å². The minimum Gasteiger partial charge on any atom is -0.399 e. The smallest absolute Gasteiger partial charge is 0.0310 e. The topological polar surface area (TPSA) is 26.0 Å². The minimum atomic E-state index is 0.738. The van der Waals surface area contributed by atoms with Crippen molar-refractivity contribution in [1.29, 1.82) is 0 Å². The van der Waals surface area contributed by atoms with E-state index >= 15 is 0 Å². The summed E-state index contributed by atoms with van der Waals surface area (Å²) in [4.78, 5) is 0. The summed E-state index contributed by atoms with van der Waals surface area (Å²) in [5.74, 6) is 0. The highest BCUT2D eigenvalue weighted by Gasteiger charge is 1.71. The first-order chi connectivity index (χ1) is 5.81. The van der Waals surface area contributed by atoms with E-state index in [1.54, 1.807) is 12.2 Å². The quantitative estimate of drug-likeness (QED) is 0.627. The van der Waals surface area contributed by atoms with Crippen LogP contribution in [0.3, 0.4) is 0 Å².